The molecule has 0 aliphatic heterocycles. The van der Waals surface area contributed by atoms with E-state index in [4.69, 9.17) is 4.74 Å². The maximum atomic E-state index is 13.0. The lowest BCUT2D eigenvalue weighted by atomic mass is 10.2. The van der Waals surface area contributed by atoms with Crippen molar-refractivity contribution >= 4 is 49.4 Å². The maximum absolute atomic E-state index is 13.0. The van der Waals surface area contributed by atoms with Gasteiger partial charge in [-0.05, 0) is 74.7 Å². The van der Waals surface area contributed by atoms with Crippen molar-refractivity contribution in [3.8, 4) is 0 Å². The van der Waals surface area contributed by atoms with E-state index in [-0.39, 0.29) is 5.56 Å². The number of nitrogens with one attached hydrogen (secondary N) is 1. The Balaban J connectivity index is 1.97. The summed E-state index contributed by atoms with van der Waals surface area (Å²) >= 11 is 6.71. The average Bonchev–Trinajstić information content (AvgIpc) is 2.48. The first-order chi connectivity index (χ1) is 10.9. The van der Waals surface area contributed by atoms with Gasteiger partial charge in [0.15, 0.2) is 6.61 Å². The Bertz CT molecular complexity index is 742. The SMILES string of the molecule is Cc1cc(Br)c(NC(=O)COC(=O)c2cccc(F)c2)c(Br)c1. The van der Waals surface area contributed by atoms with Gasteiger partial charge in [0.2, 0.25) is 0 Å². The third-order valence-electron chi connectivity index (χ3n) is 2.85. The highest BCUT2D eigenvalue weighted by Gasteiger charge is 2.13. The minimum atomic E-state index is -0.762. The molecule has 120 valence electrons. The molecule has 0 heterocycles. The number of hydrogen-bond acceptors (Lipinski definition) is 3. The summed E-state index contributed by atoms with van der Waals surface area (Å²) < 4.78 is 19.3. The number of rotatable bonds is 4. The van der Waals surface area contributed by atoms with Crippen LogP contribution in [0.3, 0.4) is 0 Å². The molecule has 0 radical (unpaired) electrons. The number of halogens is 3. The maximum Gasteiger partial charge on any atom is 0.338 e. The second kappa shape index (κ2) is 7.70. The fraction of sp³-hybridized carbons (Fsp3) is 0.125. The molecule has 0 saturated carbocycles. The molecule has 0 unspecified atom stereocenters. The Labute approximate surface area is 149 Å². The molecule has 0 saturated heterocycles. The summed E-state index contributed by atoms with van der Waals surface area (Å²) in [5, 5.41) is 2.64. The van der Waals surface area contributed by atoms with Crippen molar-refractivity contribution in [2.24, 2.45) is 0 Å². The first-order valence-corrected chi connectivity index (χ1v) is 8.13. The van der Waals surface area contributed by atoms with E-state index < -0.39 is 24.3 Å². The van der Waals surface area contributed by atoms with Crippen LogP contribution >= 0.6 is 31.9 Å². The van der Waals surface area contributed by atoms with Crippen molar-refractivity contribution in [3.05, 3.63) is 62.3 Å². The molecule has 2 aromatic carbocycles. The van der Waals surface area contributed by atoms with Crippen LogP contribution in [0.25, 0.3) is 0 Å². The molecule has 0 aliphatic carbocycles. The molecule has 23 heavy (non-hydrogen) atoms. The summed E-state index contributed by atoms with van der Waals surface area (Å²) in [6.07, 6.45) is 0. The van der Waals surface area contributed by atoms with E-state index in [2.05, 4.69) is 37.2 Å². The van der Waals surface area contributed by atoms with Crippen LogP contribution in [0.15, 0.2) is 45.3 Å². The van der Waals surface area contributed by atoms with Crippen molar-refractivity contribution < 1.29 is 18.7 Å². The second-order valence-electron chi connectivity index (χ2n) is 4.74. The minimum Gasteiger partial charge on any atom is -0.452 e. The molecule has 0 bridgehead atoms. The highest BCUT2D eigenvalue weighted by atomic mass is 79.9. The molecule has 0 atom stereocenters. The standard InChI is InChI=1S/C16H12Br2FNO3/c1-9-5-12(17)15(13(18)6-9)20-14(21)8-23-16(22)10-3-2-4-11(19)7-10/h2-7H,8H2,1H3,(H,20,21). The largest absolute Gasteiger partial charge is 0.452 e. The van der Waals surface area contributed by atoms with Crippen LogP contribution in [0.1, 0.15) is 15.9 Å². The topological polar surface area (TPSA) is 55.4 Å². The Morgan fingerprint density at radius 1 is 1.17 bits per heavy atom. The van der Waals surface area contributed by atoms with Crippen LogP contribution in [-0.2, 0) is 9.53 Å². The monoisotopic (exact) mass is 443 g/mol. The van der Waals surface area contributed by atoms with Gasteiger partial charge in [-0.3, -0.25) is 4.79 Å². The number of esters is 1. The summed E-state index contributed by atoms with van der Waals surface area (Å²) in [5.74, 6) is -1.81. The number of carbonyl (C=O) groups excluding carboxylic acids is 2. The molecule has 0 aromatic heterocycles. The average molecular weight is 445 g/mol. The van der Waals surface area contributed by atoms with Crippen molar-refractivity contribution in [3.63, 3.8) is 0 Å². The number of amides is 1. The molecular weight excluding hydrogens is 433 g/mol. The summed E-state index contributed by atoms with van der Waals surface area (Å²) in [7, 11) is 0. The van der Waals surface area contributed by atoms with E-state index in [1.807, 2.05) is 19.1 Å². The third-order valence-corrected chi connectivity index (χ3v) is 4.10. The lowest BCUT2D eigenvalue weighted by Crippen LogP contribution is -2.21. The van der Waals surface area contributed by atoms with Gasteiger partial charge in [0.05, 0.1) is 11.3 Å². The van der Waals surface area contributed by atoms with Crippen LogP contribution in [0, 0.1) is 12.7 Å². The normalized spacial score (nSPS) is 10.3. The molecule has 0 aliphatic rings. The lowest BCUT2D eigenvalue weighted by molar-refractivity contribution is -0.119. The van der Waals surface area contributed by atoms with Gasteiger partial charge in [0, 0.05) is 8.95 Å². The predicted molar refractivity (Wildman–Crippen MR) is 91.9 cm³/mol. The van der Waals surface area contributed by atoms with Crippen LogP contribution < -0.4 is 5.32 Å². The van der Waals surface area contributed by atoms with Crippen molar-refractivity contribution in [2.45, 2.75) is 6.92 Å². The molecule has 1 amide bonds. The van der Waals surface area contributed by atoms with Gasteiger partial charge in [0.25, 0.3) is 5.91 Å². The van der Waals surface area contributed by atoms with Gasteiger partial charge < -0.3 is 10.1 Å². The van der Waals surface area contributed by atoms with Crippen molar-refractivity contribution in [1.82, 2.24) is 0 Å². The first kappa shape index (κ1) is 17.6. The fourth-order valence-electron chi connectivity index (χ4n) is 1.82. The predicted octanol–water partition coefficient (Wildman–Crippen LogP) is 4.45. The second-order valence-corrected chi connectivity index (χ2v) is 6.45. The third kappa shape index (κ3) is 4.87. The van der Waals surface area contributed by atoms with Crippen molar-refractivity contribution in [2.75, 3.05) is 11.9 Å². The Kier molecular flexibility index (Phi) is 5.90. The summed E-state index contributed by atoms with van der Waals surface area (Å²) in [4.78, 5) is 23.6. The Morgan fingerprint density at radius 3 is 2.43 bits per heavy atom. The quantitative estimate of drug-likeness (QED) is 0.708. The number of aryl methyl sites for hydroxylation is 1. The van der Waals surface area contributed by atoms with Crippen LogP contribution in [-0.4, -0.2) is 18.5 Å². The number of ether oxygens (including phenoxy) is 1. The minimum absolute atomic E-state index is 0.0514. The number of carbonyl (C=O) groups is 2. The van der Waals surface area contributed by atoms with Crippen molar-refractivity contribution in [1.29, 1.82) is 0 Å². The first-order valence-electron chi connectivity index (χ1n) is 6.55. The number of anilines is 1. The van der Waals surface area contributed by atoms with E-state index in [9.17, 15) is 14.0 Å². The van der Waals surface area contributed by atoms with Crippen LogP contribution in [0.4, 0.5) is 10.1 Å². The van der Waals surface area contributed by atoms with Gasteiger partial charge in [-0.15, -0.1) is 0 Å². The van der Waals surface area contributed by atoms with E-state index in [1.165, 1.54) is 18.2 Å². The van der Waals surface area contributed by atoms with Crippen LogP contribution in [0.5, 0.6) is 0 Å². The zero-order valence-corrected chi connectivity index (χ0v) is 15.2. The van der Waals surface area contributed by atoms with Crippen LogP contribution in [0.2, 0.25) is 0 Å². The smallest absolute Gasteiger partial charge is 0.338 e. The van der Waals surface area contributed by atoms with E-state index in [0.717, 1.165) is 11.6 Å². The zero-order chi connectivity index (χ0) is 17.0. The molecular formula is C16H12Br2FNO3. The number of hydrogen-bond donors (Lipinski definition) is 1. The van der Waals surface area contributed by atoms with E-state index >= 15 is 0 Å². The molecule has 2 aromatic rings. The summed E-state index contributed by atoms with van der Waals surface area (Å²) in [6.45, 7) is 1.45. The molecule has 0 spiro atoms. The molecule has 1 N–H and O–H groups in total. The van der Waals surface area contributed by atoms with Gasteiger partial charge in [0.1, 0.15) is 5.82 Å². The molecule has 2 rings (SSSR count). The summed E-state index contributed by atoms with van der Waals surface area (Å²) in [5.41, 5.74) is 1.61. The zero-order valence-electron chi connectivity index (χ0n) is 12.0. The van der Waals surface area contributed by atoms with Gasteiger partial charge in [-0.2, -0.15) is 0 Å². The summed E-state index contributed by atoms with van der Waals surface area (Å²) in [6, 6.07) is 8.77. The highest BCUT2D eigenvalue weighted by molar-refractivity contribution is 9.11. The number of benzene rings is 2. The molecule has 4 nitrogen and oxygen atoms in total. The van der Waals surface area contributed by atoms with E-state index in [0.29, 0.717) is 14.6 Å². The molecule has 7 heteroatoms. The Hall–Kier alpha value is -1.73. The fourth-order valence-corrected chi connectivity index (χ4v) is 3.44. The van der Waals surface area contributed by atoms with E-state index in [1.54, 1.807) is 0 Å². The van der Waals surface area contributed by atoms with Gasteiger partial charge >= 0.3 is 5.97 Å². The highest BCUT2D eigenvalue weighted by Crippen LogP contribution is 2.32. The van der Waals surface area contributed by atoms with Gasteiger partial charge in [-0.1, -0.05) is 6.07 Å². The molecule has 0 fully saturated rings. The Morgan fingerprint density at radius 2 is 1.83 bits per heavy atom. The van der Waals surface area contributed by atoms with Gasteiger partial charge in [-0.25, -0.2) is 9.18 Å². The lowest BCUT2D eigenvalue weighted by Gasteiger charge is -2.11.